The number of ether oxygens (including phenoxy) is 1. The molecular formula is C21H42N4O2. The largest absolute Gasteiger partial charge is 0.396 e. The molecule has 1 aliphatic carbocycles. The molecule has 0 aromatic rings. The van der Waals surface area contributed by atoms with Crippen molar-refractivity contribution in [1.29, 1.82) is 0 Å². The van der Waals surface area contributed by atoms with Crippen molar-refractivity contribution in [2.45, 2.75) is 70.8 Å². The Hall–Kier alpha value is -0.850. The van der Waals surface area contributed by atoms with E-state index in [1.165, 1.54) is 32.1 Å². The van der Waals surface area contributed by atoms with Crippen LogP contribution in [0, 0.1) is 5.92 Å². The van der Waals surface area contributed by atoms with Crippen molar-refractivity contribution in [2.24, 2.45) is 10.9 Å². The van der Waals surface area contributed by atoms with E-state index >= 15 is 0 Å². The minimum atomic E-state index is 0.207. The van der Waals surface area contributed by atoms with Crippen LogP contribution in [0.15, 0.2) is 4.99 Å². The number of hydrogen-bond acceptors (Lipinski definition) is 4. The van der Waals surface area contributed by atoms with Crippen molar-refractivity contribution < 1.29 is 9.84 Å². The molecule has 6 nitrogen and oxygen atoms in total. The van der Waals surface area contributed by atoms with Crippen LogP contribution < -0.4 is 10.6 Å². The van der Waals surface area contributed by atoms with Crippen molar-refractivity contribution in [2.75, 3.05) is 52.5 Å². The molecule has 158 valence electrons. The monoisotopic (exact) mass is 382 g/mol. The second-order valence-electron chi connectivity index (χ2n) is 8.13. The first-order chi connectivity index (χ1) is 13.2. The zero-order chi connectivity index (χ0) is 19.4. The van der Waals surface area contributed by atoms with Gasteiger partial charge < -0.3 is 20.5 Å². The first-order valence-corrected chi connectivity index (χ1v) is 11.2. The molecule has 2 rings (SSSR count). The van der Waals surface area contributed by atoms with Crippen LogP contribution in [0.5, 0.6) is 0 Å². The summed E-state index contributed by atoms with van der Waals surface area (Å²) >= 11 is 0. The number of aliphatic hydroxyl groups is 1. The van der Waals surface area contributed by atoms with Gasteiger partial charge in [-0.15, -0.1) is 0 Å². The lowest BCUT2D eigenvalue weighted by Crippen LogP contribution is -2.56. The molecule has 3 N–H and O–H groups in total. The summed E-state index contributed by atoms with van der Waals surface area (Å²) < 4.78 is 5.59. The van der Waals surface area contributed by atoms with Gasteiger partial charge in [-0.3, -0.25) is 9.89 Å². The van der Waals surface area contributed by atoms with Crippen molar-refractivity contribution in [1.82, 2.24) is 15.5 Å². The lowest BCUT2D eigenvalue weighted by atomic mass is 9.80. The van der Waals surface area contributed by atoms with Crippen LogP contribution in [0.4, 0.5) is 0 Å². The van der Waals surface area contributed by atoms with E-state index in [0.29, 0.717) is 5.92 Å². The number of aliphatic imine (C=N–C) groups is 1. The molecule has 1 saturated heterocycles. The molecule has 6 heteroatoms. The molecule has 0 spiro atoms. The SMILES string of the molecule is CCCC(CCO)CNC(=NCC1(N2CCOCC2)CCCCC1)NCC. The molecule has 1 unspecified atom stereocenters. The Morgan fingerprint density at radius 3 is 2.48 bits per heavy atom. The molecule has 0 radical (unpaired) electrons. The predicted molar refractivity (Wildman–Crippen MR) is 112 cm³/mol. The molecule has 27 heavy (non-hydrogen) atoms. The van der Waals surface area contributed by atoms with Crippen molar-refractivity contribution in [3.05, 3.63) is 0 Å². The van der Waals surface area contributed by atoms with Gasteiger partial charge in [0.15, 0.2) is 5.96 Å². The molecule has 0 aromatic carbocycles. The Morgan fingerprint density at radius 2 is 1.85 bits per heavy atom. The third-order valence-corrected chi connectivity index (χ3v) is 6.13. The topological polar surface area (TPSA) is 69.1 Å². The summed E-state index contributed by atoms with van der Waals surface area (Å²) in [7, 11) is 0. The normalized spacial score (nSPS) is 22.4. The van der Waals surface area contributed by atoms with Crippen molar-refractivity contribution >= 4 is 5.96 Å². The molecule has 2 fully saturated rings. The molecule has 0 aromatic heterocycles. The van der Waals surface area contributed by atoms with E-state index in [2.05, 4.69) is 29.4 Å². The number of hydrogen-bond donors (Lipinski definition) is 3. The van der Waals surface area contributed by atoms with Crippen LogP contribution in [0.25, 0.3) is 0 Å². The number of nitrogens with one attached hydrogen (secondary N) is 2. The van der Waals surface area contributed by atoms with Gasteiger partial charge in [0.2, 0.25) is 0 Å². The number of aliphatic hydroxyl groups excluding tert-OH is 1. The highest BCUT2D eigenvalue weighted by Crippen LogP contribution is 2.34. The Labute approximate surface area is 166 Å². The molecule has 2 aliphatic rings. The summed E-state index contributed by atoms with van der Waals surface area (Å²) in [6, 6.07) is 0. The number of rotatable bonds is 10. The fourth-order valence-corrected chi connectivity index (χ4v) is 4.57. The van der Waals surface area contributed by atoms with Gasteiger partial charge in [0.1, 0.15) is 0 Å². The van der Waals surface area contributed by atoms with Gasteiger partial charge in [0.05, 0.1) is 19.8 Å². The van der Waals surface area contributed by atoms with Gasteiger partial charge in [0.25, 0.3) is 0 Å². The molecule has 1 atom stereocenters. The van der Waals surface area contributed by atoms with Crippen LogP contribution in [-0.4, -0.2) is 74.0 Å². The second kappa shape index (κ2) is 12.6. The number of guanidine groups is 1. The first kappa shape index (κ1) is 22.4. The molecule has 1 saturated carbocycles. The Kier molecular flexibility index (Phi) is 10.5. The molecule has 0 bridgehead atoms. The van der Waals surface area contributed by atoms with Crippen LogP contribution in [0.2, 0.25) is 0 Å². The van der Waals surface area contributed by atoms with E-state index in [0.717, 1.165) is 71.2 Å². The average molecular weight is 383 g/mol. The van der Waals surface area contributed by atoms with Gasteiger partial charge in [-0.2, -0.15) is 0 Å². The quantitative estimate of drug-likeness (QED) is 0.400. The average Bonchev–Trinajstić information content (AvgIpc) is 2.71. The first-order valence-electron chi connectivity index (χ1n) is 11.2. The maximum atomic E-state index is 9.29. The van der Waals surface area contributed by atoms with Crippen LogP contribution in [-0.2, 0) is 4.74 Å². The summed E-state index contributed by atoms with van der Waals surface area (Å²) in [5, 5.41) is 16.2. The maximum absolute atomic E-state index is 9.29. The van der Waals surface area contributed by atoms with Crippen molar-refractivity contribution in [3.8, 4) is 0 Å². The van der Waals surface area contributed by atoms with E-state index in [-0.39, 0.29) is 12.1 Å². The van der Waals surface area contributed by atoms with Gasteiger partial charge >= 0.3 is 0 Å². The van der Waals surface area contributed by atoms with E-state index in [9.17, 15) is 5.11 Å². The highest BCUT2D eigenvalue weighted by molar-refractivity contribution is 5.79. The van der Waals surface area contributed by atoms with Gasteiger partial charge in [-0.1, -0.05) is 32.6 Å². The minimum Gasteiger partial charge on any atom is -0.396 e. The van der Waals surface area contributed by atoms with Crippen LogP contribution in [0.1, 0.15) is 65.2 Å². The summed E-state index contributed by atoms with van der Waals surface area (Å²) in [4.78, 5) is 7.67. The summed E-state index contributed by atoms with van der Waals surface area (Å²) in [5.41, 5.74) is 0.207. The molecule has 1 aliphatic heterocycles. The fraction of sp³-hybridized carbons (Fsp3) is 0.952. The van der Waals surface area contributed by atoms with Gasteiger partial charge in [-0.25, -0.2) is 0 Å². The summed E-state index contributed by atoms with van der Waals surface area (Å²) in [6.45, 7) is 11.0. The maximum Gasteiger partial charge on any atom is 0.191 e. The molecule has 1 heterocycles. The third kappa shape index (κ3) is 7.24. The van der Waals surface area contributed by atoms with Crippen molar-refractivity contribution in [3.63, 3.8) is 0 Å². The second-order valence-corrected chi connectivity index (χ2v) is 8.13. The Bertz CT molecular complexity index is 412. The predicted octanol–water partition coefficient (Wildman–Crippen LogP) is 2.38. The lowest BCUT2D eigenvalue weighted by molar-refractivity contribution is -0.0333. The molecular weight excluding hydrogens is 340 g/mol. The molecule has 0 amide bonds. The van der Waals surface area contributed by atoms with E-state index in [1.807, 2.05) is 0 Å². The van der Waals surface area contributed by atoms with Crippen LogP contribution in [0.3, 0.4) is 0 Å². The third-order valence-electron chi connectivity index (χ3n) is 6.13. The standard InChI is InChI=1S/C21H42N4O2/c1-3-8-19(9-14-26)17-23-20(22-4-2)24-18-21(10-6-5-7-11-21)25-12-15-27-16-13-25/h19,26H,3-18H2,1-2H3,(H2,22,23,24). The minimum absolute atomic E-state index is 0.207. The van der Waals surface area contributed by atoms with E-state index in [4.69, 9.17) is 9.73 Å². The van der Waals surface area contributed by atoms with E-state index in [1.54, 1.807) is 0 Å². The number of morpholine rings is 1. The highest BCUT2D eigenvalue weighted by atomic mass is 16.5. The number of nitrogens with zero attached hydrogens (tertiary/aromatic N) is 2. The summed E-state index contributed by atoms with van der Waals surface area (Å²) in [5.74, 6) is 1.43. The lowest BCUT2D eigenvalue weighted by Gasteiger charge is -2.47. The zero-order valence-corrected chi connectivity index (χ0v) is 17.6. The van der Waals surface area contributed by atoms with Crippen LogP contribution >= 0.6 is 0 Å². The Balaban J connectivity index is 2.00. The van der Waals surface area contributed by atoms with E-state index < -0.39 is 0 Å². The fourth-order valence-electron chi connectivity index (χ4n) is 4.57. The zero-order valence-electron chi connectivity index (χ0n) is 17.6. The Morgan fingerprint density at radius 1 is 1.11 bits per heavy atom. The smallest absolute Gasteiger partial charge is 0.191 e. The highest BCUT2D eigenvalue weighted by Gasteiger charge is 2.38. The van der Waals surface area contributed by atoms with Gasteiger partial charge in [0, 0.05) is 38.3 Å². The summed E-state index contributed by atoms with van der Waals surface area (Å²) in [6.07, 6.45) is 9.63. The van der Waals surface area contributed by atoms with Gasteiger partial charge in [-0.05, 0) is 38.5 Å².